The van der Waals surface area contributed by atoms with Crippen molar-refractivity contribution in [3.05, 3.63) is 57.0 Å². The molecule has 0 heterocycles. The number of aliphatic hydroxyl groups excluding tert-OH is 1. The number of hydrogen-bond donors (Lipinski definition) is 2. The molecule has 0 radical (unpaired) electrons. The minimum Gasteiger partial charge on any atom is -0.490 e. The molecule has 0 atom stereocenters. The summed E-state index contributed by atoms with van der Waals surface area (Å²) in [6.45, 7) is 7.39. The molecule has 0 unspecified atom stereocenters. The van der Waals surface area contributed by atoms with E-state index in [1.807, 2.05) is 57.2 Å². The number of aliphatic hydroxyl groups is 1. The third-order valence-corrected chi connectivity index (χ3v) is 5.01. The van der Waals surface area contributed by atoms with Gasteiger partial charge in [0.2, 0.25) is 0 Å². The first-order valence-corrected chi connectivity index (χ1v) is 9.70. The summed E-state index contributed by atoms with van der Waals surface area (Å²) in [4.78, 5) is 0. The van der Waals surface area contributed by atoms with Gasteiger partial charge in [0, 0.05) is 27.1 Å². The Hall–Kier alpha value is -1.27. The first-order chi connectivity index (χ1) is 12.4. The Morgan fingerprint density at radius 3 is 2.46 bits per heavy atom. The van der Waals surface area contributed by atoms with E-state index in [1.165, 1.54) is 0 Å². The molecule has 142 valence electrons. The molecule has 0 saturated heterocycles. The lowest BCUT2D eigenvalue weighted by Crippen LogP contribution is -2.42. The average molecular weight is 443 g/mol. The second-order valence-electron chi connectivity index (χ2n) is 6.60. The molecule has 0 bridgehead atoms. The third kappa shape index (κ3) is 5.88. The van der Waals surface area contributed by atoms with Crippen LogP contribution in [0.4, 0.5) is 0 Å². The van der Waals surface area contributed by atoms with Crippen molar-refractivity contribution in [1.29, 1.82) is 0 Å². The highest BCUT2D eigenvalue weighted by Gasteiger charge is 2.17. The van der Waals surface area contributed by atoms with E-state index >= 15 is 0 Å². The predicted octanol–water partition coefficient (Wildman–Crippen LogP) is 4.94. The Labute approximate surface area is 168 Å². The molecule has 4 nitrogen and oxygen atoms in total. The molecule has 0 fully saturated rings. The SMILES string of the molecule is CCOc1cc(CNC(C)(C)CO)c(Br)cc1OCc1ccccc1Cl. The van der Waals surface area contributed by atoms with Crippen molar-refractivity contribution >= 4 is 27.5 Å². The standard InChI is InChI=1S/C20H25BrClNO3/c1-4-25-18-9-15(11-23-20(2,3)13-24)16(21)10-19(18)26-12-14-7-5-6-8-17(14)22/h5-10,23-24H,4,11-13H2,1-3H3. The van der Waals surface area contributed by atoms with Crippen LogP contribution >= 0.6 is 27.5 Å². The summed E-state index contributed by atoms with van der Waals surface area (Å²) >= 11 is 9.80. The number of hydrogen-bond acceptors (Lipinski definition) is 4. The lowest BCUT2D eigenvalue weighted by atomic mass is 10.1. The molecule has 0 aliphatic heterocycles. The van der Waals surface area contributed by atoms with E-state index in [1.54, 1.807) is 0 Å². The minimum absolute atomic E-state index is 0.0575. The summed E-state index contributed by atoms with van der Waals surface area (Å²) in [5.41, 5.74) is 1.59. The molecule has 6 heteroatoms. The number of halogens is 2. The number of nitrogens with one attached hydrogen (secondary N) is 1. The number of benzene rings is 2. The molecule has 2 rings (SSSR count). The van der Waals surface area contributed by atoms with Crippen molar-refractivity contribution in [3.63, 3.8) is 0 Å². The molecule has 0 aliphatic rings. The van der Waals surface area contributed by atoms with E-state index in [4.69, 9.17) is 21.1 Å². The van der Waals surface area contributed by atoms with Gasteiger partial charge in [-0.2, -0.15) is 0 Å². The van der Waals surface area contributed by atoms with E-state index in [-0.39, 0.29) is 12.1 Å². The smallest absolute Gasteiger partial charge is 0.162 e. The van der Waals surface area contributed by atoms with Crippen molar-refractivity contribution in [2.24, 2.45) is 0 Å². The Morgan fingerprint density at radius 1 is 1.12 bits per heavy atom. The van der Waals surface area contributed by atoms with Crippen LogP contribution in [0.25, 0.3) is 0 Å². The molecule has 2 aromatic rings. The quantitative estimate of drug-likeness (QED) is 0.577. The molecule has 0 amide bonds. The molecule has 2 aromatic carbocycles. The molecule has 0 spiro atoms. The van der Waals surface area contributed by atoms with Gasteiger partial charge in [-0.1, -0.05) is 45.7 Å². The van der Waals surface area contributed by atoms with E-state index in [9.17, 15) is 5.11 Å². The first kappa shape index (κ1) is 21.0. The highest BCUT2D eigenvalue weighted by molar-refractivity contribution is 9.10. The summed E-state index contributed by atoms with van der Waals surface area (Å²) in [5.74, 6) is 1.34. The maximum Gasteiger partial charge on any atom is 0.162 e. The van der Waals surface area contributed by atoms with Crippen LogP contribution in [0.3, 0.4) is 0 Å². The van der Waals surface area contributed by atoms with E-state index in [2.05, 4.69) is 21.2 Å². The normalized spacial score (nSPS) is 11.5. The van der Waals surface area contributed by atoms with E-state index in [0.29, 0.717) is 36.3 Å². The predicted molar refractivity (Wildman–Crippen MR) is 109 cm³/mol. The summed E-state index contributed by atoms with van der Waals surface area (Å²) in [7, 11) is 0. The zero-order valence-electron chi connectivity index (χ0n) is 15.3. The Morgan fingerprint density at radius 2 is 1.81 bits per heavy atom. The zero-order chi connectivity index (χ0) is 19.2. The van der Waals surface area contributed by atoms with Crippen molar-refractivity contribution in [1.82, 2.24) is 5.32 Å². The van der Waals surface area contributed by atoms with Crippen molar-refractivity contribution in [2.75, 3.05) is 13.2 Å². The van der Waals surface area contributed by atoms with Crippen LogP contribution in [0, 0.1) is 0 Å². The van der Waals surface area contributed by atoms with Crippen LogP contribution in [0.5, 0.6) is 11.5 Å². The molecule has 0 aliphatic carbocycles. The lowest BCUT2D eigenvalue weighted by Gasteiger charge is -2.24. The molecule has 26 heavy (non-hydrogen) atoms. The maximum atomic E-state index is 9.40. The van der Waals surface area contributed by atoms with Gasteiger partial charge in [-0.05, 0) is 44.5 Å². The van der Waals surface area contributed by atoms with Crippen LogP contribution in [0.1, 0.15) is 31.9 Å². The van der Waals surface area contributed by atoms with Gasteiger partial charge in [-0.3, -0.25) is 0 Å². The maximum absolute atomic E-state index is 9.40. The van der Waals surface area contributed by atoms with Crippen LogP contribution in [-0.2, 0) is 13.2 Å². The fraction of sp³-hybridized carbons (Fsp3) is 0.400. The second kappa shape index (κ2) is 9.60. The van der Waals surface area contributed by atoms with Gasteiger partial charge in [0.05, 0.1) is 13.2 Å². The average Bonchev–Trinajstić information content (AvgIpc) is 2.62. The number of ether oxygens (including phenoxy) is 2. The molecule has 0 saturated carbocycles. The van der Waals surface area contributed by atoms with E-state index in [0.717, 1.165) is 15.6 Å². The topological polar surface area (TPSA) is 50.7 Å². The number of rotatable bonds is 9. The molecule has 2 N–H and O–H groups in total. The van der Waals surface area contributed by atoms with Gasteiger partial charge in [0.25, 0.3) is 0 Å². The van der Waals surface area contributed by atoms with Gasteiger partial charge in [-0.15, -0.1) is 0 Å². The van der Waals surface area contributed by atoms with Gasteiger partial charge in [0.1, 0.15) is 6.61 Å². The van der Waals surface area contributed by atoms with Gasteiger partial charge in [-0.25, -0.2) is 0 Å². The molecular weight excluding hydrogens is 418 g/mol. The summed E-state index contributed by atoms with van der Waals surface area (Å²) in [6, 6.07) is 11.5. The van der Waals surface area contributed by atoms with Crippen molar-refractivity contribution < 1.29 is 14.6 Å². The second-order valence-corrected chi connectivity index (χ2v) is 7.86. The van der Waals surface area contributed by atoms with Gasteiger partial charge < -0.3 is 19.9 Å². The first-order valence-electron chi connectivity index (χ1n) is 8.53. The van der Waals surface area contributed by atoms with Crippen molar-refractivity contribution in [2.45, 2.75) is 39.5 Å². The van der Waals surface area contributed by atoms with Crippen LogP contribution < -0.4 is 14.8 Å². The zero-order valence-corrected chi connectivity index (χ0v) is 17.7. The van der Waals surface area contributed by atoms with E-state index < -0.39 is 0 Å². The fourth-order valence-electron chi connectivity index (χ4n) is 2.26. The highest BCUT2D eigenvalue weighted by atomic mass is 79.9. The van der Waals surface area contributed by atoms with Crippen molar-refractivity contribution in [3.8, 4) is 11.5 Å². The third-order valence-electron chi connectivity index (χ3n) is 3.91. The van der Waals surface area contributed by atoms with Crippen LogP contribution in [-0.4, -0.2) is 23.9 Å². The Balaban J connectivity index is 2.18. The largest absolute Gasteiger partial charge is 0.490 e. The fourth-order valence-corrected chi connectivity index (χ4v) is 2.91. The Bertz CT molecular complexity index is 737. The summed E-state index contributed by atoms with van der Waals surface area (Å²) in [6.07, 6.45) is 0. The van der Waals surface area contributed by atoms with Crippen LogP contribution in [0.2, 0.25) is 5.02 Å². The monoisotopic (exact) mass is 441 g/mol. The minimum atomic E-state index is -0.357. The summed E-state index contributed by atoms with van der Waals surface area (Å²) in [5, 5.41) is 13.4. The summed E-state index contributed by atoms with van der Waals surface area (Å²) < 4.78 is 12.6. The van der Waals surface area contributed by atoms with Crippen LogP contribution in [0.15, 0.2) is 40.9 Å². The molecular formula is C20H25BrClNO3. The highest BCUT2D eigenvalue weighted by Crippen LogP contribution is 2.35. The Kier molecular flexibility index (Phi) is 7.77. The molecule has 0 aromatic heterocycles. The van der Waals surface area contributed by atoms with Gasteiger partial charge in [0.15, 0.2) is 11.5 Å². The lowest BCUT2D eigenvalue weighted by molar-refractivity contribution is 0.187. The van der Waals surface area contributed by atoms with Gasteiger partial charge >= 0.3 is 0 Å².